The number of hydrogen-bond donors (Lipinski definition) is 0. The van der Waals surface area contributed by atoms with Crippen LogP contribution in [0.5, 0.6) is 0 Å². The van der Waals surface area contributed by atoms with Gasteiger partial charge in [-0.05, 0) is 30.4 Å². The van der Waals surface area contributed by atoms with Gasteiger partial charge in [-0.1, -0.05) is 36.4 Å². The fourth-order valence-corrected chi connectivity index (χ4v) is 2.55. The standard InChI is InChI=1S/C17H12N2/c1-2-8-14-13(7-1)16-10-5-6-12-19(16)17-11-4-3-9-15(17)18-14/h1-12H. The van der Waals surface area contributed by atoms with Crippen LogP contribution in [0.25, 0.3) is 5.70 Å². The van der Waals surface area contributed by atoms with E-state index in [2.05, 4.69) is 53.6 Å². The van der Waals surface area contributed by atoms with E-state index in [4.69, 9.17) is 4.99 Å². The third-order valence-corrected chi connectivity index (χ3v) is 3.42. The number of hydrogen-bond acceptors (Lipinski definition) is 2. The molecule has 2 aliphatic heterocycles. The van der Waals surface area contributed by atoms with Gasteiger partial charge in [-0.15, -0.1) is 0 Å². The normalized spacial score (nSPS) is 15.2. The second-order valence-electron chi connectivity index (χ2n) is 4.57. The molecule has 90 valence electrons. The molecule has 0 radical (unpaired) electrons. The summed E-state index contributed by atoms with van der Waals surface area (Å²) in [7, 11) is 0. The fraction of sp³-hybridized carbons (Fsp3) is 0. The van der Waals surface area contributed by atoms with Crippen molar-refractivity contribution in [2.75, 3.05) is 4.90 Å². The molecule has 0 N–H and O–H groups in total. The summed E-state index contributed by atoms with van der Waals surface area (Å²) in [6, 6.07) is 16.5. The van der Waals surface area contributed by atoms with Gasteiger partial charge in [0.2, 0.25) is 0 Å². The molecule has 0 aromatic heterocycles. The van der Waals surface area contributed by atoms with Crippen LogP contribution >= 0.6 is 0 Å². The van der Waals surface area contributed by atoms with E-state index in [0.29, 0.717) is 0 Å². The number of rotatable bonds is 0. The van der Waals surface area contributed by atoms with E-state index in [0.717, 1.165) is 16.7 Å². The second-order valence-corrected chi connectivity index (χ2v) is 4.57. The Hall–Kier alpha value is -2.61. The molecule has 0 aliphatic carbocycles. The maximum Gasteiger partial charge on any atom is 0.0877 e. The van der Waals surface area contributed by atoms with E-state index in [1.807, 2.05) is 24.3 Å². The molecule has 0 saturated heterocycles. The van der Waals surface area contributed by atoms with Crippen LogP contribution in [0, 0.1) is 0 Å². The highest BCUT2D eigenvalue weighted by molar-refractivity contribution is 5.84. The molecule has 0 atom stereocenters. The van der Waals surface area contributed by atoms with E-state index in [9.17, 15) is 0 Å². The van der Waals surface area contributed by atoms with E-state index in [-0.39, 0.29) is 0 Å². The Balaban J connectivity index is 2.19. The number of para-hydroxylation sites is 3. The number of benzene rings is 2. The predicted octanol–water partition coefficient (Wildman–Crippen LogP) is 2.65. The minimum Gasteiger partial charge on any atom is -0.314 e. The Labute approximate surface area is 111 Å². The van der Waals surface area contributed by atoms with Crippen LogP contribution in [0.3, 0.4) is 0 Å². The van der Waals surface area contributed by atoms with Gasteiger partial charge in [0, 0.05) is 11.4 Å². The summed E-state index contributed by atoms with van der Waals surface area (Å²) in [5, 5.41) is 2.19. The minimum atomic E-state index is 1.00. The first kappa shape index (κ1) is 10.3. The zero-order valence-corrected chi connectivity index (χ0v) is 10.3. The zero-order valence-electron chi connectivity index (χ0n) is 10.3. The topological polar surface area (TPSA) is 15.6 Å². The van der Waals surface area contributed by atoms with Crippen molar-refractivity contribution in [3.63, 3.8) is 0 Å². The first-order valence-corrected chi connectivity index (χ1v) is 6.35. The first-order valence-electron chi connectivity index (χ1n) is 6.35. The summed E-state index contributed by atoms with van der Waals surface area (Å²) in [5.74, 6) is 0. The molecule has 19 heavy (non-hydrogen) atoms. The molecule has 2 heteroatoms. The van der Waals surface area contributed by atoms with Crippen molar-refractivity contribution >= 4 is 17.1 Å². The van der Waals surface area contributed by atoms with E-state index in [1.165, 1.54) is 10.9 Å². The Morgan fingerprint density at radius 2 is 1.68 bits per heavy atom. The summed E-state index contributed by atoms with van der Waals surface area (Å²) in [5.41, 5.74) is 3.30. The molecule has 2 nitrogen and oxygen atoms in total. The highest BCUT2D eigenvalue weighted by Gasteiger charge is 2.16. The van der Waals surface area contributed by atoms with Crippen LogP contribution in [0.4, 0.5) is 11.4 Å². The highest BCUT2D eigenvalue weighted by Crippen LogP contribution is 2.33. The Bertz CT molecular complexity index is 828. The van der Waals surface area contributed by atoms with Crippen LogP contribution in [0.2, 0.25) is 0 Å². The summed E-state index contributed by atoms with van der Waals surface area (Å²) in [6.07, 6.45) is 8.34. The number of allylic oxidation sites excluding steroid dienone is 2. The third kappa shape index (κ3) is 1.54. The molecular formula is C17H12N2. The molecular weight excluding hydrogens is 232 g/mol. The van der Waals surface area contributed by atoms with Gasteiger partial charge in [0.1, 0.15) is 0 Å². The van der Waals surface area contributed by atoms with Crippen LogP contribution in [0.1, 0.15) is 0 Å². The lowest BCUT2D eigenvalue weighted by Gasteiger charge is -2.23. The molecule has 0 unspecified atom stereocenters. The molecule has 2 aromatic carbocycles. The van der Waals surface area contributed by atoms with Crippen molar-refractivity contribution in [2.45, 2.75) is 0 Å². The Morgan fingerprint density at radius 3 is 2.68 bits per heavy atom. The van der Waals surface area contributed by atoms with Gasteiger partial charge in [-0.3, -0.25) is 0 Å². The average Bonchev–Trinajstić information content (AvgIpc) is 2.62. The van der Waals surface area contributed by atoms with Crippen molar-refractivity contribution in [1.29, 1.82) is 0 Å². The van der Waals surface area contributed by atoms with E-state index < -0.39 is 0 Å². The van der Waals surface area contributed by atoms with Crippen LogP contribution in [-0.4, -0.2) is 0 Å². The first-order chi connectivity index (χ1) is 9.43. The van der Waals surface area contributed by atoms with E-state index >= 15 is 0 Å². The summed E-state index contributed by atoms with van der Waals surface area (Å²) < 4.78 is 0. The van der Waals surface area contributed by atoms with Crippen molar-refractivity contribution in [3.05, 3.63) is 83.5 Å². The van der Waals surface area contributed by atoms with Crippen molar-refractivity contribution in [1.82, 2.24) is 0 Å². The molecule has 2 aromatic rings. The SMILES string of the molecule is C1=CC2=c3ccccc3=Nc3ccccc3N2C=C1. The molecule has 2 aliphatic rings. The molecule has 4 rings (SSSR count). The monoisotopic (exact) mass is 244 g/mol. The molecule has 0 saturated carbocycles. The van der Waals surface area contributed by atoms with Crippen molar-refractivity contribution < 1.29 is 0 Å². The Morgan fingerprint density at radius 1 is 0.842 bits per heavy atom. The fourth-order valence-electron chi connectivity index (χ4n) is 2.55. The van der Waals surface area contributed by atoms with Gasteiger partial charge >= 0.3 is 0 Å². The maximum absolute atomic E-state index is 4.80. The smallest absolute Gasteiger partial charge is 0.0877 e. The predicted molar refractivity (Wildman–Crippen MR) is 77.5 cm³/mol. The van der Waals surface area contributed by atoms with E-state index in [1.54, 1.807) is 0 Å². The summed E-state index contributed by atoms with van der Waals surface area (Å²) >= 11 is 0. The summed E-state index contributed by atoms with van der Waals surface area (Å²) in [4.78, 5) is 7.00. The zero-order chi connectivity index (χ0) is 12.7. The number of anilines is 1. The molecule has 2 heterocycles. The molecule has 0 amide bonds. The number of fused-ring (bicyclic) bond motifs is 4. The van der Waals surface area contributed by atoms with Gasteiger partial charge in [-0.2, -0.15) is 0 Å². The molecule has 0 fully saturated rings. The lowest BCUT2D eigenvalue weighted by Crippen LogP contribution is -2.30. The average molecular weight is 244 g/mol. The van der Waals surface area contributed by atoms with Crippen LogP contribution < -0.4 is 15.5 Å². The quantitative estimate of drug-likeness (QED) is 0.695. The Kier molecular flexibility index (Phi) is 2.15. The van der Waals surface area contributed by atoms with Gasteiger partial charge in [0.05, 0.1) is 22.4 Å². The number of nitrogens with zero attached hydrogens (tertiary/aromatic N) is 2. The lowest BCUT2D eigenvalue weighted by molar-refractivity contribution is 1.28. The van der Waals surface area contributed by atoms with Gasteiger partial charge in [-0.25, -0.2) is 4.99 Å². The van der Waals surface area contributed by atoms with Crippen LogP contribution in [-0.2, 0) is 0 Å². The summed E-state index contributed by atoms with van der Waals surface area (Å²) in [6.45, 7) is 0. The lowest BCUT2D eigenvalue weighted by atomic mass is 10.1. The largest absolute Gasteiger partial charge is 0.314 e. The van der Waals surface area contributed by atoms with Crippen molar-refractivity contribution in [3.8, 4) is 0 Å². The van der Waals surface area contributed by atoms with Crippen LogP contribution in [0.15, 0.2) is 78.0 Å². The highest BCUT2D eigenvalue weighted by atomic mass is 15.1. The third-order valence-electron chi connectivity index (χ3n) is 3.42. The van der Waals surface area contributed by atoms with Crippen molar-refractivity contribution in [2.24, 2.45) is 4.99 Å². The molecule has 0 bridgehead atoms. The van der Waals surface area contributed by atoms with Gasteiger partial charge in [0.15, 0.2) is 0 Å². The van der Waals surface area contributed by atoms with Gasteiger partial charge in [0.25, 0.3) is 0 Å². The molecule has 0 spiro atoms. The minimum absolute atomic E-state index is 1.00. The second kappa shape index (κ2) is 3.95. The maximum atomic E-state index is 4.80. The van der Waals surface area contributed by atoms with Gasteiger partial charge < -0.3 is 4.90 Å².